The van der Waals surface area contributed by atoms with Crippen molar-refractivity contribution >= 4 is 77.7 Å². The zero-order valence-electron chi connectivity index (χ0n) is 47.3. The van der Waals surface area contributed by atoms with E-state index in [-0.39, 0.29) is 0 Å². The monoisotopic (exact) mass is 1130 g/mol. The molecule has 412 valence electrons. The van der Waals surface area contributed by atoms with Crippen molar-refractivity contribution in [1.29, 1.82) is 0 Å². The largest absolute Gasteiger partial charge is 0.309 e. The molecular formula is C78H50N10. The number of anilines is 6. The van der Waals surface area contributed by atoms with E-state index < -0.39 is 0 Å². The van der Waals surface area contributed by atoms with Gasteiger partial charge in [-0.3, -0.25) is 0 Å². The molecule has 17 rings (SSSR count). The molecule has 5 heterocycles. The minimum Gasteiger partial charge on any atom is -0.309 e. The molecule has 0 bridgehead atoms. The fourth-order valence-corrected chi connectivity index (χ4v) is 12.8. The number of hydrogen-bond donors (Lipinski definition) is 0. The molecule has 0 unspecified atom stereocenters. The first kappa shape index (κ1) is 50.4. The van der Waals surface area contributed by atoms with Crippen molar-refractivity contribution in [3.05, 3.63) is 303 Å². The number of rotatable bonds is 10. The second-order valence-electron chi connectivity index (χ2n) is 21.9. The Labute approximate surface area is 506 Å². The number of aromatic nitrogens is 8. The van der Waals surface area contributed by atoms with E-state index in [1.165, 1.54) is 0 Å². The number of fused-ring (bicyclic) bond motifs is 10. The fourth-order valence-electron chi connectivity index (χ4n) is 12.8. The van der Waals surface area contributed by atoms with Crippen LogP contribution in [0.4, 0.5) is 34.1 Å². The highest BCUT2D eigenvalue weighted by atomic mass is 15.3. The molecule has 0 fully saturated rings. The van der Waals surface area contributed by atoms with Gasteiger partial charge in [-0.2, -0.15) is 0 Å². The average Bonchev–Trinajstić information content (AvgIpc) is 1.41. The van der Waals surface area contributed by atoms with E-state index in [9.17, 15) is 0 Å². The highest BCUT2D eigenvalue weighted by Gasteiger charge is 2.37. The highest BCUT2D eigenvalue weighted by Crippen LogP contribution is 2.60. The Kier molecular flexibility index (Phi) is 12.0. The van der Waals surface area contributed by atoms with Crippen LogP contribution in [0.25, 0.3) is 123 Å². The van der Waals surface area contributed by atoms with Crippen LogP contribution in [0.15, 0.2) is 303 Å². The van der Waals surface area contributed by atoms with Crippen LogP contribution in [0.5, 0.6) is 0 Å². The van der Waals surface area contributed by atoms with Gasteiger partial charge in [0, 0.05) is 77.7 Å². The van der Waals surface area contributed by atoms with E-state index in [4.69, 9.17) is 29.9 Å². The van der Waals surface area contributed by atoms with Gasteiger partial charge in [0.15, 0.2) is 34.9 Å². The normalized spacial score (nSPS) is 12.0. The zero-order valence-corrected chi connectivity index (χ0v) is 47.3. The molecule has 0 amide bonds. The lowest BCUT2D eigenvalue weighted by atomic mass is 9.98. The van der Waals surface area contributed by atoms with Gasteiger partial charge in [-0.1, -0.05) is 218 Å². The second kappa shape index (κ2) is 20.9. The minimum atomic E-state index is 0.594. The van der Waals surface area contributed by atoms with Crippen molar-refractivity contribution in [2.24, 2.45) is 0 Å². The molecule has 12 aromatic carbocycles. The maximum absolute atomic E-state index is 5.15. The number of hydrogen-bond acceptors (Lipinski definition) is 8. The van der Waals surface area contributed by atoms with Crippen LogP contribution in [-0.2, 0) is 0 Å². The highest BCUT2D eigenvalue weighted by molar-refractivity contribution is 6.26. The second-order valence-corrected chi connectivity index (χ2v) is 21.9. The van der Waals surface area contributed by atoms with E-state index in [0.29, 0.717) is 34.9 Å². The summed E-state index contributed by atoms with van der Waals surface area (Å²) in [6.07, 6.45) is 0. The van der Waals surface area contributed by atoms with Crippen LogP contribution in [0, 0.1) is 0 Å². The Hall–Kier alpha value is -12.1. The van der Waals surface area contributed by atoms with Crippen LogP contribution in [-0.4, -0.2) is 39.0 Å². The van der Waals surface area contributed by atoms with E-state index in [1.807, 2.05) is 121 Å². The molecule has 4 aromatic heterocycles. The molecule has 0 saturated carbocycles. The van der Waals surface area contributed by atoms with Gasteiger partial charge in [0.2, 0.25) is 0 Å². The summed E-state index contributed by atoms with van der Waals surface area (Å²) >= 11 is 0. The van der Waals surface area contributed by atoms with Crippen LogP contribution in [0.1, 0.15) is 0 Å². The molecule has 16 aromatic rings. The molecule has 0 radical (unpaired) electrons. The average molecular weight is 1130 g/mol. The molecule has 10 nitrogen and oxygen atoms in total. The van der Waals surface area contributed by atoms with Crippen LogP contribution >= 0.6 is 0 Å². The quantitative estimate of drug-likeness (QED) is 0.134. The molecular weight excluding hydrogens is 1080 g/mol. The topological polar surface area (TPSA) is 93.7 Å². The Morgan fingerprint density at radius 3 is 0.818 bits per heavy atom. The molecule has 0 spiro atoms. The first-order chi connectivity index (χ1) is 43.7. The van der Waals surface area contributed by atoms with Gasteiger partial charge in [-0.05, 0) is 84.9 Å². The third-order valence-corrected chi connectivity index (χ3v) is 16.7. The van der Waals surface area contributed by atoms with Gasteiger partial charge in [-0.15, -0.1) is 0 Å². The third-order valence-electron chi connectivity index (χ3n) is 16.7. The zero-order chi connectivity index (χ0) is 58.1. The van der Waals surface area contributed by atoms with E-state index in [0.717, 1.165) is 122 Å². The predicted octanol–water partition coefficient (Wildman–Crippen LogP) is 19.5. The standard InChI is InChI=1S/C78H50N10/c1-7-25-51(26-8-1)73-79-74(52-27-9-2-10-28-52)82-77(81-73)55-33-23-39-59(49-55)85-63-43-21-19-41-61(63)69-65(85)45-47-67-71(69)87(57-35-15-5-16-36-57)68-48-46-66-70(72(68)88(67)58-37-17-6-18-38-58)62-42-20-22-44-64(62)86(66)60-40-24-34-56(50-60)78-83-75(53-29-11-3-12-30-53)80-76(84-78)54-31-13-4-14-32-54/h1-50H. The molecule has 88 heavy (non-hydrogen) atoms. The molecule has 0 aliphatic carbocycles. The lowest BCUT2D eigenvalue weighted by molar-refractivity contribution is 1.07. The van der Waals surface area contributed by atoms with Crippen LogP contribution < -0.4 is 9.80 Å². The Balaban J connectivity index is 0.876. The van der Waals surface area contributed by atoms with E-state index in [1.54, 1.807) is 0 Å². The van der Waals surface area contributed by atoms with Crippen molar-refractivity contribution in [2.45, 2.75) is 0 Å². The van der Waals surface area contributed by atoms with E-state index >= 15 is 0 Å². The Morgan fingerprint density at radius 1 is 0.205 bits per heavy atom. The van der Waals surface area contributed by atoms with Gasteiger partial charge >= 0.3 is 0 Å². The summed E-state index contributed by atoms with van der Waals surface area (Å²) in [6.45, 7) is 0. The predicted molar refractivity (Wildman–Crippen MR) is 357 cm³/mol. The lowest BCUT2D eigenvalue weighted by Gasteiger charge is -2.41. The van der Waals surface area contributed by atoms with E-state index in [2.05, 4.69) is 201 Å². The smallest absolute Gasteiger partial charge is 0.164 e. The molecule has 1 aliphatic heterocycles. The minimum absolute atomic E-state index is 0.594. The summed E-state index contributed by atoms with van der Waals surface area (Å²) in [6, 6.07) is 106. The summed E-state index contributed by atoms with van der Waals surface area (Å²) in [5.41, 5.74) is 18.0. The lowest BCUT2D eigenvalue weighted by Crippen LogP contribution is -2.24. The van der Waals surface area contributed by atoms with Crippen molar-refractivity contribution in [3.63, 3.8) is 0 Å². The van der Waals surface area contributed by atoms with Crippen molar-refractivity contribution in [1.82, 2.24) is 39.0 Å². The van der Waals surface area contributed by atoms with Gasteiger partial charge < -0.3 is 18.9 Å². The molecule has 0 atom stereocenters. The van der Waals surface area contributed by atoms with Gasteiger partial charge in [0.25, 0.3) is 0 Å². The summed E-state index contributed by atoms with van der Waals surface area (Å²) in [5, 5.41) is 4.49. The van der Waals surface area contributed by atoms with Crippen LogP contribution in [0.3, 0.4) is 0 Å². The Bertz CT molecular complexity index is 4870. The fraction of sp³-hybridized carbons (Fsp3) is 0. The number of nitrogens with zero attached hydrogens (tertiary/aromatic N) is 10. The van der Waals surface area contributed by atoms with Gasteiger partial charge in [0.05, 0.1) is 44.8 Å². The maximum atomic E-state index is 5.15. The SMILES string of the molecule is c1ccc(-c2nc(-c3ccccc3)nc(-c3cccc(-n4c5ccccc5c5c6c(ccc54)N(c4ccccc4)c4c(ccc5c4c4ccccc4n5-c4cccc(-c5nc(-c7ccccc7)nc(-c7ccccc7)n5)c4)N6c4ccccc4)c3)n2)cc1. The summed E-state index contributed by atoms with van der Waals surface area (Å²) < 4.78 is 4.79. The van der Waals surface area contributed by atoms with Crippen molar-refractivity contribution < 1.29 is 0 Å². The maximum Gasteiger partial charge on any atom is 0.164 e. The third kappa shape index (κ3) is 8.41. The van der Waals surface area contributed by atoms with Crippen molar-refractivity contribution in [2.75, 3.05) is 9.80 Å². The van der Waals surface area contributed by atoms with Gasteiger partial charge in [-0.25, -0.2) is 29.9 Å². The molecule has 1 aliphatic rings. The first-order valence-electron chi connectivity index (χ1n) is 29.4. The molecule has 0 saturated heterocycles. The van der Waals surface area contributed by atoms with Crippen LogP contribution in [0.2, 0.25) is 0 Å². The summed E-state index contributed by atoms with van der Waals surface area (Å²) in [4.78, 5) is 35.6. The molecule has 0 N–H and O–H groups in total. The number of para-hydroxylation sites is 4. The summed E-state index contributed by atoms with van der Waals surface area (Å²) in [5.74, 6) is 3.65. The first-order valence-corrected chi connectivity index (χ1v) is 29.4. The van der Waals surface area contributed by atoms with Gasteiger partial charge in [0.1, 0.15) is 0 Å². The number of benzene rings is 12. The summed E-state index contributed by atoms with van der Waals surface area (Å²) in [7, 11) is 0. The van der Waals surface area contributed by atoms with Crippen molar-refractivity contribution in [3.8, 4) is 79.7 Å². The molecule has 10 heteroatoms. The Morgan fingerprint density at radius 2 is 0.477 bits per heavy atom.